The summed E-state index contributed by atoms with van der Waals surface area (Å²) in [6, 6.07) is 5.75. The van der Waals surface area contributed by atoms with E-state index in [1.165, 1.54) is 0 Å². The van der Waals surface area contributed by atoms with Crippen LogP contribution in [-0.4, -0.2) is 13.5 Å². The molecule has 0 fully saturated rings. The van der Waals surface area contributed by atoms with Crippen LogP contribution in [0.1, 0.15) is 26.3 Å². The lowest BCUT2D eigenvalue weighted by Crippen LogP contribution is -2.15. The third kappa shape index (κ3) is 2.49. The van der Waals surface area contributed by atoms with Crippen molar-refractivity contribution in [1.29, 1.82) is 0 Å². The molecule has 15 heavy (non-hydrogen) atoms. The van der Waals surface area contributed by atoms with Crippen molar-refractivity contribution >= 4 is 12.1 Å². The highest BCUT2D eigenvalue weighted by Crippen LogP contribution is 2.35. The molecule has 0 aliphatic carbocycles. The molecule has 0 radical (unpaired) electrons. The fourth-order valence-corrected chi connectivity index (χ4v) is 1.53. The van der Waals surface area contributed by atoms with Crippen molar-refractivity contribution in [3.63, 3.8) is 0 Å². The van der Waals surface area contributed by atoms with Crippen LogP contribution in [0, 0.1) is 0 Å². The summed E-state index contributed by atoms with van der Waals surface area (Å²) >= 11 is 0. The smallest absolute Gasteiger partial charge is 0.211 e. The minimum atomic E-state index is -0.0279. The second kappa shape index (κ2) is 4.34. The molecule has 1 aromatic rings. The molecule has 1 amide bonds. The topological polar surface area (TPSA) is 38.3 Å². The number of rotatable bonds is 3. The molecule has 0 aliphatic rings. The van der Waals surface area contributed by atoms with Gasteiger partial charge in [-0.2, -0.15) is 0 Å². The highest BCUT2D eigenvalue weighted by Gasteiger charge is 2.20. The molecular weight excluding hydrogens is 190 g/mol. The maximum Gasteiger partial charge on any atom is 0.211 e. The zero-order chi connectivity index (χ0) is 11.5. The number of anilines is 1. The van der Waals surface area contributed by atoms with E-state index < -0.39 is 0 Å². The number of methoxy groups -OCH3 is 1. The number of benzene rings is 1. The first-order chi connectivity index (χ1) is 7.00. The van der Waals surface area contributed by atoms with Crippen LogP contribution >= 0.6 is 0 Å². The van der Waals surface area contributed by atoms with Gasteiger partial charge in [0.15, 0.2) is 0 Å². The molecule has 1 aromatic carbocycles. The third-order valence-electron chi connectivity index (χ3n) is 2.26. The number of carbonyl (C=O) groups excluding carboxylic acids is 1. The molecule has 0 atom stereocenters. The molecule has 0 bridgehead atoms. The van der Waals surface area contributed by atoms with Gasteiger partial charge < -0.3 is 10.1 Å². The maximum absolute atomic E-state index is 10.6. The van der Waals surface area contributed by atoms with E-state index in [1.54, 1.807) is 7.11 Å². The number of hydrogen-bond donors (Lipinski definition) is 1. The van der Waals surface area contributed by atoms with E-state index in [1.807, 2.05) is 18.2 Å². The summed E-state index contributed by atoms with van der Waals surface area (Å²) in [5.74, 6) is 0.689. The molecule has 0 heterocycles. The first-order valence-corrected chi connectivity index (χ1v) is 4.88. The zero-order valence-corrected chi connectivity index (χ0v) is 9.63. The predicted octanol–water partition coefficient (Wildman–Crippen LogP) is 2.56. The van der Waals surface area contributed by atoms with Gasteiger partial charge >= 0.3 is 0 Å². The molecule has 0 unspecified atom stereocenters. The molecule has 0 aromatic heterocycles. The zero-order valence-electron chi connectivity index (χ0n) is 9.63. The standard InChI is InChI=1S/C12H17NO2/c1-12(2,3)9-6-5-7-10(15-4)11(9)13-8-14/h5-8H,1-4H3,(H,13,14). The summed E-state index contributed by atoms with van der Waals surface area (Å²) in [5.41, 5.74) is 1.79. The highest BCUT2D eigenvalue weighted by atomic mass is 16.5. The Bertz CT molecular complexity index is 353. The third-order valence-corrected chi connectivity index (χ3v) is 2.26. The Hall–Kier alpha value is -1.51. The van der Waals surface area contributed by atoms with Gasteiger partial charge in [-0.05, 0) is 17.0 Å². The Morgan fingerprint density at radius 2 is 2.00 bits per heavy atom. The molecule has 82 valence electrons. The van der Waals surface area contributed by atoms with E-state index in [2.05, 4.69) is 26.1 Å². The quantitative estimate of drug-likeness (QED) is 0.773. The van der Waals surface area contributed by atoms with Crippen molar-refractivity contribution in [3.8, 4) is 5.75 Å². The molecule has 0 saturated heterocycles. The highest BCUT2D eigenvalue weighted by molar-refractivity contribution is 5.78. The molecular formula is C12H17NO2. The largest absolute Gasteiger partial charge is 0.495 e. The van der Waals surface area contributed by atoms with Crippen LogP contribution in [0.4, 0.5) is 5.69 Å². The number of hydrogen-bond acceptors (Lipinski definition) is 2. The summed E-state index contributed by atoms with van der Waals surface area (Å²) < 4.78 is 5.21. The lowest BCUT2D eigenvalue weighted by Gasteiger charge is -2.23. The molecule has 1 rings (SSSR count). The van der Waals surface area contributed by atoms with Gasteiger partial charge in [0.1, 0.15) is 5.75 Å². The van der Waals surface area contributed by atoms with Crippen molar-refractivity contribution in [1.82, 2.24) is 0 Å². The average molecular weight is 207 g/mol. The Morgan fingerprint density at radius 3 is 2.47 bits per heavy atom. The molecule has 1 N–H and O–H groups in total. The predicted molar refractivity (Wildman–Crippen MR) is 61.4 cm³/mol. The normalized spacial score (nSPS) is 10.9. The second-order valence-electron chi connectivity index (χ2n) is 4.40. The fraction of sp³-hybridized carbons (Fsp3) is 0.417. The SMILES string of the molecule is COc1cccc(C(C)(C)C)c1NC=O. The van der Waals surface area contributed by atoms with Gasteiger partial charge in [-0.3, -0.25) is 4.79 Å². The molecule has 3 nitrogen and oxygen atoms in total. The van der Waals surface area contributed by atoms with E-state index in [9.17, 15) is 4.79 Å². The molecule has 3 heteroatoms. The fourth-order valence-electron chi connectivity index (χ4n) is 1.53. The van der Waals surface area contributed by atoms with Gasteiger partial charge in [0.25, 0.3) is 0 Å². The molecule has 0 aliphatic heterocycles. The first kappa shape index (κ1) is 11.6. The van der Waals surface area contributed by atoms with Crippen LogP contribution in [0.15, 0.2) is 18.2 Å². The van der Waals surface area contributed by atoms with E-state index in [4.69, 9.17) is 4.74 Å². The number of nitrogens with one attached hydrogen (secondary N) is 1. The molecule has 0 saturated carbocycles. The minimum Gasteiger partial charge on any atom is -0.495 e. The van der Waals surface area contributed by atoms with E-state index >= 15 is 0 Å². The number of ether oxygens (including phenoxy) is 1. The van der Waals surface area contributed by atoms with Crippen LogP contribution in [0.2, 0.25) is 0 Å². The lowest BCUT2D eigenvalue weighted by atomic mass is 9.85. The summed E-state index contributed by atoms with van der Waals surface area (Å²) in [5, 5.41) is 2.70. The Balaban J connectivity index is 3.31. The second-order valence-corrected chi connectivity index (χ2v) is 4.40. The lowest BCUT2D eigenvalue weighted by molar-refractivity contribution is -0.105. The van der Waals surface area contributed by atoms with Gasteiger partial charge in [0.2, 0.25) is 6.41 Å². The van der Waals surface area contributed by atoms with E-state index in [-0.39, 0.29) is 5.41 Å². The van der Waals surface area contributed by atoms with Gasteiger partial charge in [-0.1, -0.05) is 32.9 Å². The first-order valence-electron chi connectivity index (χ1n) is 4.88. The summed E-state index contributed by atoms with van der Waals surface area (Å²) in [4.78, 5) is 10.6. The molecule has 0 spiro atoms. The van der Waals surface area contributed by atoms with Crippen LogP contribution in [-0.2, 0) is 10.2 Å². The summed E-state index contributed by atoms with van der Waals surface area (Å²) in [6.45, 7) is 6.28. The van der Waals surface area contributed by atoms with Gasteiger partial charge in [-0.15, -0.1) is 0 Å². The van der Waals surface area contributed by atoms with Crippen LogP contribution in [0.3, 0.4) is 0 Å². The Morgan fingerprint density at radius 1 is 1.33 bits per heavy atom. The summed E-state index contributed by atoms with van der Waals surface area (Å²) in [7, 11) is 1.59. The monoisotopic (exact) mass is 207 g/mol. The van der Waals surface area contributed by atoms with E-state index in [0.29, 0.717) is 12.2 Å². The number of para-hydroxylation sites is 1. The average Bonchev–Trinajstić information content (AvgIpc) is 2.17. The van der Waals surface area contributed by atoms with Crippen LogP contribution < -0.4 is 10.1 Å². The Labute approximate surface area is 90.4 Å². The Kier molecular flexibility index (Phi) is 3.35. The number of amides is 1. The van der Waals surface area contributed by atoms with Crippen molar-refractivity contribution in [2.45, 2.75) is 26.2 Å². The minimum absolute atomic E-state index is 0.0279. The van der Waals surface area contributed by atoms with Gasteiger partial charge in [0.05, 0.1) is 12.8 Å². The van der Waals surface area contributed by atoms with Crippen LogP contribution in [0.25, 0.3) is 0 Å². The van der Waals surface area contributed by atoms with Gasteiger partial charge in [-0.25, -0.2) is 0 Å². The summed E-state index contributed by atoms with van der Waals surface area (Å²) in [6.07, 6.45) is 0.674. The van der Waals surface area contributed by atoms with Gasteiger partial charge in [0, 0.05) is 0 Å². The van der Waals surface area contributed by atoms with Crippen molar-refractivity contribution in [2.24, 2.45) is 0 Å². The van der Waals surface area contributed by atoms with Crippen LogP contribution in [0.5, 0.6) is 5.75 Å². The van der Waals surface area contributed by atoms with Crippen molar-refractivity contribution in [3.05, 3.63) is 23.8 Å². The van der Waals surface area contributed by atoms with Crippen molar-refractivity contribution in [2.75, 3.05) is 12.4 Å². The number of carbonyl (C=O) groups is 1. The van der Waals surface area contributed by atoms with E-state index in [0.717, 1.165) is 11.3 Å². The van der Waals surface area contributed by atoms with Crippen molar-refractivity contribution < 1.29 is 9.53 Å². The maximum atomic E-state index is 10.6.